The Kier molecular flexibility index (Phi) is 4.18. The van der Waals surface area contributed by atoms with Crippen LogP contribution >= 0.6 is 0 Å². The highest BCUT2D eigenvalue weighted by atomic mass is 16.3. The molecule has 0 spiro atoms. The highest BCUT2D eigenvalue weighted by Crippen LogP contribution is 2.35. The minimum Gasteiger partial charge on any atom is -0.388 e. The zero-order valence-corrected chi connectivity index (χ0v) is 9.96. The van der Waals surface area contributed by atoms with Crippen molar-refractivity contribution in [3.05, 3.63) is 11.6 Å². The highest BCUT2D eigenvalue weighted by molar-refractivity contribution is 5.15. The van der Waals surface area contributed by atoms with Crippen LogP contribution in [0, 0.1) is 17.8 Å². The Morgan fingerprint density at radius 2 is 2.07 bits per heavy atom. The molecule has 1 heteroatoms. The lowest BCUT2D eigenvalue weighted by Crippen LogP contribution is -2.30. The molecule has 0 amide bonds. The molecule has 0 radical (unpaired) electrons. The minimum atomic E-state index is -0.167. The van der Waals surface area contributed by atoms with Crippen molar-refractivity contribution in [2.24, 2.45) is 17.8 Å². The first-order chi connectivity index (χ1) is 6.60. The Hall–Kier alpha value is -0.300. The van der Waals surface area contributed by atoms with Gasteiger partial charge in [-0.3, -0.25) is 0 Å². The van der Waals surface area contributed by atoms with Gasteiger partial charge in [-0.2, -0.15) is 0 Å². The van der Waals surface area contributed by atoms with E-state index in [2.05, 4.69) is 33.8 Å². The predicted molar refractivity (Wildman–Crippen MR) is 61.1 cm³/mol. The van der Waals surface area contributed by atoms with Crippen molar-refractivity contribution >= 4 is 0 Å². The molecule has 0 aromatic rings. The summed E-state index contributed by atoms with van der Waals surface area (Å²) in [7, 11) is 0. The molecule has 0 bridgehead atoms. The Balaban J connectivity index is 2.80. The molecule has 0 saturated heterocycles. The topological polar surface area (TPSA) is 20.2 Å². The summed E-state index contributed by atoms with van der Waals surface area (Å²) in [6, 6.07) is 0. The van der Waals surface area contributed by atoms with Crippen molar-refractivity contribution in [1.29, 1.82) is 0 Å². The summed E-state index contributed by atoms with van der Waals surface area (Å²) in [4.78, 5) is 0. The second-order valence-corrected chi connectivity index (χ2v) is 4.85. The van der Waals surface area contributed by atoms with E-state index in [-0.39, 0.29) is 6.10 Å². The van der Waals surface area contributed by atoms with Crippen LogP contribution in [0.5, 0.6) is 0 Å². The van der Waals surface area contributed by atoms with Crippen LogP contribution in [-0.4, -0.2) is 11.2 Å². The molecule has 0 aromatic heterocycles. The zero-order valence-electron chi connectivity index (χ0n) is 9.96. The van der Waals surface area contributed by atoms with Crippen LogP contribution in [-0.2, 0) is 0 Å². The number of rotatable bonds is 3. The van der Waals surface area contributed by atoms with Gasteiger partial charge >= 0.3 is 0 Å². The maximum absolute atomic E-state index is 10.1. The smallest absolute Gasteiger partial charge is 0.0778 e. The van der Waals surface area contributed by atoms with Gasteiger partial charge in [0.1, 0.15) is 0 Å². The SMILES string of the molecule is CCC1=CC(C(C)C)CC(CC)C1O. The van der Waals surface area contributed by atoms with Crippen LogP contribution in [0.25, 0.3) is 0 Å². The van der Waals surface area contributed by atoms with Gasteiger partial charge in [-0.15, -0.1) is 0 Å². The van der Waals surface area contributed by atoms with Gasteiger partial charge in [0.05, 0.1) is 6.10 Å². The number of hydrogen-bond donors (Lipinski definition) is 1. The molecule has 0 fully saturated rings. The van der Waals surface area contributed by atoms with Crippen molar-refractivity contribution in [1.82, 2.24) is 0 Å². The number of aliphatic hydroxyl groups excluding tert-OH is 1. The summed E-state index contributed by atoms with van der Waals surface area (Å²) in [6.45, 7) is 8.88. The molecule has 3 atom stereocenters. The predicted octanol–water partition coefficient (Wildman–Crippen LogP) is 3.39. The van der Waals surface area contributed by atoms with E-state index in [1.807, 2.05) is 0 Å². The maximum Gasteiger partial charge on any atom is 0.0778 e. The van der Waals surface area contributed by atoms with Crippen LogP contribution < -0.4 is 0 Å². The first kappa shape index (κ1) is 11.8. The van der Waals surface area contributed by atoms with Gasteiger partial charge in [-0.05, 0) is 36.2 Å². The molecule has 1 nitrogen and oxygen atoms in total. The summed E-state index contributed by atoms with van der Waals surface area (Å²) in [5.74, 6) is 1.87. The van der Waals surface area contributed by atoms with Gasteiger partial charge in [0.2, 0.25) is 0 Å². The van der Waals surface area contributed by atoms with E-state index in [1.54, 1.807) is 0 Å². The standard InChI is InChI=1S/C13H24O/c1-5-10-7-12(9(3)4)8-11(6-2)13(10)14/h7,9,11-14H,5-6,8H2,1-4H3. The molecule has 0 heterocycles. The summed E-state index contributed by atoms with van der Waals surface area (Å²) >= 11 is 0. The van der Waals surface area contributed by atoms with Gasteiger partial charge < -0.3 is 5.11 Å². The maximum atomic E-state index is 10.1. The fourth-order valence-corrected chi connectivity index (χ4v) is 2.40. The summed E-state index contributed by atoms with van der Waals surface area (Å²) in [5, 5.41) is 10.1. The molecule has 1 aliphatic rings. The first-order valence-electron chi connectivity index (χ1n) is 5.98. The van der Waals surface area contributed by atoms with E-state index < -0.39 is 0 Å². The van der Waals surface area contributed by atoms with Crippen LogP contribution in [0.2, 0.25) is 0 Å². The second-order valence-electron chi connectivity index (χ2n) is 4.85. The second kappa shape index (κ2) is 4.97. The Morgan fingerprint density at radius 3 is 2.50 bits per heavy atom. The molecule has 1 aliphatic carbocycles. The fraction of sp³-hybridized carbons (Fsp3) is 0.846. The molecule has 0 aliphatic heterocycles. The Bertz CT molecular complexity index is 205. The van der Waals surface area contributed by atoms with Crippen molar-refractivity contribution in [3.63, 3.8) is 0 Å². The number of allylic oxidation sites excluding steroid dienone is 1. The van der Waals surface area contributed by atoms with E-state index in [0.29, 0.717) is 17.8 Å². The normalized spacial score (nSPS) is 33.3. The highest BCUT2D eigenvalue weighted by Gasteiger charge is 2.29. The summed E-state index contributed by atoms with van der Waals surface area (Å²) in [6.07, 6.45) is 5.42. The average molecular weight is 196 g/mol. The fourth-order valence-electron chi connectivity index (χ4n) is 2.40. The lowest BCUT2D eigenvalue weighted by atomic mass is 9.74. The average Bonchev–Trinajstić information content (AvgIpc) is 2.17. The summed E-state index contributed by atoms with van der Waals surface area (Å²) in [5.41, 5.74) is 1.27. The van der Waals surface area contributed by atoms with Crippen molar-refractivity contribution < 1.29 is 5.11 Å². The van der Waals surface area contributed by atoms with Gasteiger partial charge in [0, 0.05) is 0 Å². The molecular formula is C13H24O. The quantitative estimate of drug-likeness (QED) is 0.686. The third kappa shape index (κ3) is 2.38. The molecule has 3 unspecified atom stereocenters. The molecular weight excluding hydrogens is 172 g/mol. The van der Waals surface area contributed by atoms with Gasteiger partial charge in [-0.1, -0.05) is 40.2 Å². The van der Waals surface area contributed by atoms with Crippen molar-refractivity contribution in [2.75, 3.05) is 0 Å². The van der Waals surface area contributed by atoms with E-state index in [4.69, 9.17) is 0 Å². The molecule has 1 N–H and O–H groups in total. The van der Waals surface area contributed by atoms with Crippen molar-refractivity contribution in [3.8, 4) is 0 Å². The third-order valence-electron chi connectivity index (χ3n) is 3.62. The zero-order chi connectivity index (χ0) is 10.7. The monoisotopic (exact) mass is 196 g/mol. The largest absolute Gasteiger partial charge is 0.388 e. The Labute approximate surface area is 88.2 Å². The molecule has 0 aromatic carbocycles. The molecule has 0 saturated carbocycles. The minimum absolute atomic E-state index is 0.167. The van der Waals surface area contributed by atoms with Crippen LogP contribution in [0.1, 0.15) is 47.0 Å². The van der Waals surface area contributed by atoms with Crippen molar-refractivity contribution in [2.45, 2.75) is 53.1 Å². The van der Waals surface area contributed by atoms with Crippen LogP contribution in [0.3, 0.4) is 0 Å². The lowest BCUT2D eigenvalue weighted by molar-refractivity contribution is 0.104. The van der Waals surface area contributed by atoms with Gasteiger partial charge in [0.15, 0.2) is 0 Å². The molecule has 14 heavy (non-hydrogen) atoms. The first-order valence-corrected chi connectivity index (χ1v) is 5.98. The lowest BCUT2D eigenvalue weighted by Gasteiger charge is -2.34. The van der Waals surface area contributed by atoms with E-state index in [1.165, 1.54) is 12.0 Å². The van der Waals surface area contributed by atoms with Crippen LogP contribution in [0.15, 0.2) is 11.6 Å². The molecule has 82 valence electrons. The van der Waals surface area contributed by atoms with E-state index >= 15 is 0 Å². The number of aliphatic hydroxyl groups is 1. The van der Waals surface area contributed by atoms with Crippen LogP contribution in [0.4, 0.5) is 0 Å². The Morgan fingerprint density at radius 1 is 1.43 bits per heavy atom. The van der Waals surface area contributed by atoms with Gasteiger partial charge in [0.25, 0.3) is 0 Å². The number of hydrogen-bond acceptors (Lipinski definition) is 1. The molecule has 1 rings (SSSR count). The van der Waals surface area contributed by atoms with Gasteiger partial charge in [-0.25, -0.2) is 0 Å². The third-order valence-corrected chi connectivity index (χ3v) is 3.62. The van der Waals surface area contributed by atoms with E-state index in [9.17, 15) is 5.11 Å². The summed E-state index contributed by atoms with van der Waals surface area (Å²) < 4.78 is 0. The van der Waals surface area contributed by atoms with E-state index in [0.717, 1.165) is 12.8 Å².